The van der Waals surface area contributed by atoms with E-state index in [1.807, 2.05) is 18.2 Å². The number of rotatable bonds is 4. The molecule has 6 heteroatoms. The van der Waals surface area contributed by atoms with Gasteiger partial charge in [-0.15, -0.1) is 0 Å². The second kappa shape index (κ2) is 7.27. The highest BCUT2D eigenvalue weighted by Crippen LogP contribution is 2.46. The molecule has 0 amide bonds. The van der Waals surface area contributed by atoms with Crippen LogP contribution in [-0.2, 0) is 10.0 Å². The fraction of sp³-hybridized carbons (Fsp3) is 0.391. The van der Waals surface area contributed by atoms with Crippen molar-refractivity contribution in [3.8, 4) is 0 Å². The minimum absolute atomic E-state index is 0.162. The number of hydrogen-bond donors (Lipinski definition) is 2. The molecule has 1 aliphatic rings. The largest absolute Gasteiger partial charge is 0.392 e. The number of fused-ring (bicyclic) bond motifs is 1. The number of hydrogen-bond acceptors (Lipinski definition) is 4. The third-order valence-corrected chi connectivity index (χ3v) is 7.83. The predicted octanol–water partition coefficient (Wildman–Crippen LogP) is 3.89. The maximum absolute atomic E-state index is 13.4. The van der Waals surface area contributed by atoms with Crippen LogP contribution in [-0.4, -0.2) is 34.3 Å². The maximum atomic E-state index is 13.4. The van der Waals surface area contributed by atoms with Crippen molar-refractivity contribution in [2.75, 3.05) is 0 Å². The van der Waals surface area contributed by atoms with E-state index in [4.69, 9.17) is 0 Å². The molecule has 2 N–H and O–H groups in total. The summed E-state index contributed by atoms with van der Waals surface area (Å²) >= 11 is 0. The minimum Gasteiger partial charge on any atom is -0.392 e. The van der Waals surface area contributed by atoms with Crippen molar-refractivity contribution in [3.05, 3.63) is 66.4 Å². The summed E-state index contributed by atoms with van der Waals surface area (Å²) in [4.78, 5) is 0.218. The maximum Gasteiger partial charge on any atom is 0.268 e. The summed E-state index contributed by atoms with van der Waals surface area (Å²) in [5.74, 6) is -0.495. The Hall–Kier alpha value is -2.15. The molecule has 4 rings (SSSR count). The van der Waals surface area contributed by atoms with Gasteiger partial charge < -0.3 is 10.2 Å². The molecular formula is C23H27NO4S. The summed E-state index contributed by atoms with van der Waals surface area (Å²) in [6.45, 7) is 3.53. The van der Waals surface area contributed by atoms with Crippen molar-refractivity contribution >= 4 is 20.9 Å². The molecule has 3 atom stereocenters. The van der Waals surface area contributed by atoms with E-state index < -0.39 is 21.7 Å². The van der Waals surface area contributed by atoms with E-state index in [9.17, 15) is 18.6 Å². The lowest BCUT2D eigenvalue weighted by Gasteiger charge is -2.42. The standard InChI is InChI=1S/C23H27NO4S/c1-23(2,26)19-12-8-14-21(25)22(19)18-15-24(20-13-7-6-11-17(18)20)29(27,28)16-9-4-3-5-10-16/h3-7,9-11,13,15,19,21-22,25-26H,8,12,14H2,1-2H3/t19-,21-,22+/m1/s1. The van der Waals surface area contributed by atoms with E-state index in [2.05, 4.69) is 0 Å². The molecule has 29 heavy (non-hydrogen) atoms. The van der Waals surface area contributed by atoms with Crippen LogP contribution in [0.15, 0.2) is 65.7 Å². The molecule has 1 aliphatic carbocycles. The van der Waals surface area contributed by atoms with Crippen molar-refractivity contribution in [1.82, 2.24) is 3.97 Å². The Labute approximate surface area is 171 Å². The Morgan fingerprint density at radius 1 is 1.00 bits per heavy atom. The molecule has 5 nitrogen and oxygen atoms in total. The molecule has 0 aliphatic heterocycles. The summed E-state index contributed by atoms with van der Waals surface area (Å²) in [6, 6.07) is 15.7. The van der Waals surface area contributed by atoms with Gasteiger partial charge >= 0.3 is 0 Å². The normalized spacial score (nSPS) is 23.4. The Balaban J connectivity index is 1.94. The molecule has 1 aromatic heterocycles. The quantitative estimate of drug-likeness (QED) is 0.680. The van der Waals surface area contributed by atoms with Crippen LogP contribution in [0.3, 0.4) is 0 Å². The van der Waals surface area contributed by atoms with Gasteiger partial charge in [-0.05, 0) is 56.4 Å². The molecule has 1 fully saturated rings. The van der Waals surface area contributed by atoms with Gasteiger partial charge in [0.25, 0.3) is 10.0 Å². The molecular weight excluding hydrogens is 386 g/mol. The monoisotopic (exact) mass is 413 g/mol. The number of aliphatic hydroxyl groups excluding tert-OH is 1. The second-order valence-corrected chi connectivity index (χ2v) is 10.3. The van der Waals surface area contributed by atoms with E-state index in [-0.39, 0.29) is 16.7 Å². The van der Waals surface area contributed by atoms with Crippen LogP contribution < -0.4 is 0 Å². The highest BCUT2D eigenvalue weighted by molar-refractivity contribution is 7.90. The third kappa shape index (κ3) is 3.50. The zero-order valence-corrected chi connectivity index (χ0v) is 17.5. The zero-order valence-electron chi connectivity index (χ0n) is 16.7. The van der Waals surface area contributed by atoms with Crippen molar-refractivity contribution < 1.29 is 18.6 Å². The molecule has 0 spiro atoms. The minimum atomic E-state index is -3.78. The third-order valence-electron chi connectivity index (χ3n) is 6.14. The highest BCUT2D eigenvalue weighted by Gasteiger charge is 2.42. The number of nitrogens with zero attached hydrogens (tertiary/aromatic N) is 1. The average Bonchev–Trinajstić information content (AvgIpc) is 3.08. The lowest BCUT2D eigenvalue weighted by Crippen LogP contribution is -2.42. The lowest BCUT2D eigenvalue weighted by atomic mass is 9.67. The summed E-state index contributed by atoms with van der Waals surface area (Å²) in [5, 5.41) is 22.4. The van der Waals surface area contributed by atoms with E-state index in [0.717, 1.165) is 23.8 Å². The highest BCUT2D eigenvalue weighted by atomic mass is 32.2. The topological polar surface area (TPSA) is 79.5 Å². The summed E-state index contributed by atoms with van der Waals surface area (Å²) in [7, 11) is -3.78. The van der Waals surface area contributed by atoms with Gasteiger partial charge in [-0.3, -0.25) is 0 Å². The van der Waals surface area contributed by atoms with Crippen LogP contribution in [0.25, 0.3) is 10.9 Å². The smallest absolute Gasteiger partial charge is 0.268 e. The van der Waals surface area contributed by atoms with E-state index in [1.165, 1.54) is 3.97 Å². The van der Waals surface area contributed by atoms with Gasteiger partial charge in [-0.2, -0.15) is 0 Å². The van der Waals surface area contributed by atoms with Gasteiger partial charge in [0.15, 0.2) is 0 Å². The van der Waals surface area contributed by atoms with Crippen molar-refractivity contribution in [2.45, 2.75) is 55.6 Å². The second-order valence-electron chi connectivity index (χ2n) is 8.50. The average molecular weight is 414 g/mol. The van der Waals surface area contributed by atoms with Gasteiger partial charge in [0.2, 0.25) is 0 Å². The Kier molecular flexibility index (Phi) is 5.05. The van der Waals surface area contributed by atoms with E-state index >= 15 is 0 Å². The summed E-state index contributed by atoms with van der Waals surface area (Å²) in [6.07, 6.45) is 3.29. The van der Waals surface area contributed by atoms with E-state index in [0.29, 0.717) is 11.9 Å². The molecule has 154 valence electrons. The van der Waals surface area contributed by atoms with Crippen molar-refractivity contribution in [2.24, 2.45) is 5.92 Å². The van der Waals surface area contributed by atoms with Crippen molar-refractivity contribution in [1.29, 1.82) is 0 Å². The number of benzene rings is 2. The fourth-order valence-electron chi connectivity index (χ4n) is 4.74. The molecule has 0 saturated heterocycles. The molecule has 0 bridgehead atoms. The molecule has 1 saturated carbocycles. The number of aromatic nitrogens is 1. The van der Waals surface area contributed by atoms with Gasteiger partial charge in [-0.1, -0.05) is 42.8 Å². The predicted molar refractivity (Wildman–Crippen MR) is 113 cm³/mol. The molecule has 0 radical (unpaired) electrons. The Morgan fingerprint density at radius 2 is 1.66 bits per heavy atom. The zero-order chi connectivity index (χ0) is 20.8. The van der Waals surface area contributed by atoms with Gasteiger partial charge in [-0.25, -0.2) is 12.4 Å². The molecule has 1 heterocycles. The molecule has 3 aromatic rings. The van der Waals surface area contributed by atoms with Crippen LogP contribution in [0.4, 0.5) is 0 Å². The van der Waals surface area contributed by atoms with Crippen LogP contribution in [0.5, 0.6) is 0 Å². The van der Waals surface area contributed by atoms with E-state index in [1.54, 1.807) is 56.4 Å². The summed E-state index contributed by atoms with van der Waals surface area (Å²) in [5.41, 5.74) is 0.381. The first-order valence-electron chi connectivity index (χ1n) is 10.0. The fourth-order valence-corrected chi connectivity index (χ4v) is 6.14. The van der Waals surface area contributed by atoms with Crippen LogP contribution in [0.2, 0.25) is 0 Å². The summed E-state index contributed by atoms with van der Waals surface area (Å²) < 4.78 is 28.0. The Morgan fingerprint density at radius 3 is 2.34 bits per heavy atom. The van der Waals surface area contributed by atoms with Crippen LogP contribution >= 0.6 is 0 Å². The number of para-hydroxylation sites is 1. The molecule has 0 unspecified atom stereocenters. The van der Waals surface area contributed by atoms with Gasteiger partial charge in [0, 0.05) is 17.5 Å². The first kappa shape index (κ1) is 20.1. The first-order chi connectivity index (χ1) is 13.7. The SMILES string of the molecule is CC(C)(O)[C@@H]1CCC[C@@H](O)[C@H]1c1cn(S(=O)(=O)c2ccccc2)c2ccccc12. The Bertz CT molecular complexity index is 1110. The lowest BCUT2D eigenvalue weighted by molar-refractivity contribution is -0.0444. The first-order valence-corrected chi connectivity index (χ1v) is 11.5. The van der Waals surface area contributed by atoms with Crippen LogP contribution in [0, 0.1) is 5.92 Å². The number of aliphatic hydroxyl groups is 2. The van der Waals surface area contributed by atoms with Gasteiger partial charge in [0.05, 0.1) is 22.1 Å². The molecule has 2 aromatic carbocycles. The van der Waals surface area contributed by atoms with Gasteiger partial charge in [0.1, 0.15) is 0 Å². The van der Waals surface area contributed by atoms with Crippen molar-refractivity contribution in [3.63, 3.8) is 0 Å². The van der Waals surface area contributed by atoms with Crippen LogP contribution in [0.1, 0.15) is 44.6 Å².